The van der Waals surface area contributed by atoms with Crippen LogP contribution in [0.4, 0.5) is 0 Å². The van der Waals surface area contributed by atoms with E-state index < -0.39 is 17.4 Å². The fourth-order valence-electron chi connectivity index (χ4n) is 3.48. The summed E-state index contributed by atoms with van der Waals surface area (Å²) in [4.78, 5) is 27.5. The molecule has 0 unspecified atom stereocenters. The molecule has 29 heavy (non-hydrogen) atoms. The molecule has 1 aliphatic rings. The molecule has 0 radical (unpaired) electrons. The molecule has 0 spiro atoms. The number of ether oxygens (including phenoxy) is 2. The van der Waals surface area contributed by atoms with Gasteiger partial charge in [-0.15, -0.1) is 23.5 Å². The fraction of sp³-hybridized carbons (Fsp3) is 0.304. The van der Waals surface area contributed by atoms with E-state index in [1.807, 2.05) is 36.4 Å². The Morgan fingerprint density at radius 1 is 0.759 bits per heavy atom. The smallest absolute Gasteiger partial charge is 0.323 e. The van der Waals surface area contributed by atoms with Crippen molar-refractivity contribution in [2.24, 2.45) is 5.41 Å². The molecule has 0 aromatic heterocycles. The third-order valence-electron chi connectivity index (χ3n) is 5.00. The van der Waals surface area contributed by atoms with Crippen LogP contribution < -0.4 is 0 Å². The van der Waals surface area contributed by atoms with Crippen LogP contribution in [-0.2, 0) is 19.1 Å². The van der Waals surface area contributed by atoms with Crippen molar-refractivity contribution < 1.29 is 19.1 Å². The van der Waals surface area contributed by atoms with Gasteiger partial charge in [-0.2, -0.15) is 0 Å². The number of hydrogen-bond acceptors (Lipinski definition) is 6. The minimum Gasteiger partial charge on any atom is -0.468 e. The second kappa shape index (κ2) is 10.0. The second-order valence-corrected chi connectivity index (χ2v) is 8.93. The van der Waals surface area contributed by atoms with Crippen LogP contribution in [0.5, 0.6) is 0 Å². The minimum atomic E-state index is -1.28. The van der Waals surface area contributed by atoms with Crippen molar-refractivity contribution >= 4 is 35.5 Å². The normalized spacial score (nSPS) is 15.2. The zero-order valence-electron chi connectivity index (χ0n) is 16.6. The third kappa shape index (κ3) is 5.06. The maximum atomic E-state index is 12.6. The number of hydrogen-bond donors (Lipinski definition) is 0. The van der Waals surface area contributed by atoms with E-state index in [4.69, 9.17) is 9.47 Å². The van der Waals surface area contributed by atoms with E-state index >= 15 is 0 Å². The minimum absolute atomic E-state index is 0.344. The van der Waals surface area contributed by atoms with Gasteiger partial charge in [0.1, 0.15) is 0 Å². The molecule has 0 saturated heterocycles. The molecule has 6 heteroatoms. The van der Waals surface area contributed by atoms with Gasteiger partial charge < -0.3 is 9.47 Å². The van der Waals surface area contributed by atoms with E-state index in [0.717, 1.165) is 32.4 Å². The molecule has 0 bridgehead atoms. The van der Waals surface area contributed by atoms with Gasteiger partial charge in [0, 0.05) is 21.3 Å². The van der Waals surface area contributed by atoms with E-state index in [2.05, 4.69) is 24.3 Å². The summed E-state index contributed by atoms with van der Waals surface area (Å²) in [6.07, 6.45) is 0.688. The molecular formula is C23H24O4S2. The lowest BCUT2D eigenvalue weighted by Crippen LogP contribution is -2.39. The van der Waals surface area contributed by atoms with Gasteiger partial charge in [-0.1, -0.05) is 47.5 Å². The average molecular weight is 429 g/mol. The Kier molecular flexibility index (Phi) is 7.45. The summed E-state index contributed by atoms with van der Waals surface area (Å²) < 4.78 is 10.0. The van der Waals surface area contributed by atoms with E-state index in [9.17, 15) is 9.59 Å². The lowest BCUT2D eigenvalue weighted by molar-refractivity contribution is -0.168. The van der Waals surface area contributed by atoms with Crippen LogP contribution >= 0.6 is 23.5 Å². The monoisotopic (exact) mass is 428 g/mol. The number of carbonyl (C=O) groups is 2. The topological polar surface area (TPSA) is 52.6 Å². The van der Waals surface area contributed by atoms with Crippen LogP contribution in [0.1, 0.15) is 12.8 Å². The molecule has 3 rings (SSSR count). The number of rotatable bonds is 8. The van der Waals surface area contributed by atoms with Crippen molar-refractivity contribution in [1.29, 1.82) is 0 Å². The van der Waals surface area contributed by atoms with Gasteiger partial charge in [0.05, 0.1) is 14.2 Å². The number of benzene rings is 2. The van der Waals surface area contributed by atoms with Crippen LogP contribution in [0.25, 0.3) is 0 Å². The molecule has 0 N–H and O–H groups in total. The first kappa shape index (κ1) is 21.5. The highest BCUT2D eigenvalue weighted by atomic mass is 32.2. The number of methoxy groups -OCH3 is 2. The standard InChI is InChI=1S/C23H24O4S2/c1-26-21(24)23(22(25)27-2)13-17(15-28-19-9-5-3-6-10-19)18(14-23)16-29-20-11-7-4-8-12-20/h3-12H,13-16H2,1-2H3. The zero-order chi connectivity index (χ0) is 20.7. The number of carbonyl (C=O) groups excluding carboxylic acids is 2. The zero-order valence-corrected chi connectivity index (χ0v) is 18.2. The van der Waals surface area contributed by atoms with E-state index in [0.29, 0.717) is 12.8 Å². The number of thioether (sulfide) groups is 2. The Balaban J connectivity index is 1.83. The molecule has 1 aliphatic carbocycles. The molecule has 152 valence electrons. The SMILES string of the molecule is COC(=O)C1(C(=O)OC)CC(CSc2ccccc2)=C(CSc2ccccc2)C1. The Morgan fingerprint density at radius 3 is 1.48 bits per heavy atom. The highest BCUT2D eigenvalue weighted by molar-refractivity contribution is 7.99. The molecule has 0 heterocycles. The molecule has 0 amide bonds. The van der Waals surface area contributed by atoms with Gasteiger partial charge in [-0.25, -0.2) is 0 Å². The van der Waals surface area contributed by atoms with Gasteiger partial charge in [0.15, 0.2) is 5.41 Å². The van der Waals surface area contributed by atoms with Crippen LogP contribution in [0.2, 0.25) is 0 Å². The van der Waals surface area contributed by atoms with Gasteiger partial charge >= 0.3 is 11.9 Å². The van der Waals surface area contributed by atoms with Gasteiger partial charge in [-0.3, -0.25) is 9.59 Å². The molecule has 2 aromatic carbocycles. The summed E-state index contributed by atoms with van der Waals surface area (Å²) in [5, 5.41) is 0. The lowest BCUT2D eigenvalue weighted by atomic mass is 9.84. The van der Waals surface area contributed by atoms with Crippen LogP contribution in [0.3, 0.4) is 0 Å². The van der Waals surface area contributed by atoms with Crippen LogP contribution in [0.15, 0.2) is 81.6 Å². The largest absolute Gasteiger partial charge is 0.468 e. The quantitative estimate of drug-likeness (QED) is 0.255. The maximum absolute atomic E-state index is 12.6. The third-order valence-corrected chi connectivity index (χ3v) is 7.19. The fourth-order valence-corrected chi connectivity index (χ4v) is 5.48. The Labute approximate surface area is 180 Å². The van der Waals surface area contributed by atoms with Crippen LogP contribution in [0, 0.1) is 5.41 Å². The number of esters is 2. The highest BCUT2D eigenvalue weighted by Crippen LogP contribution is 2.47. The van der Waals surface area contributed by atoms with Crippen molar-refractivity contribution in [2.75, 3.05) is 25.7 Å². The first-order chi connectivity index (χ1) is 14.1. The molecular weight excluding hydrogens is 404 g/mol. The lowest BCUT2D eigenvalue weighted by Gasteiger charge is -2.23. The Hall–Kier alpha value is -2.18. The second-order valence-electron chi connectivity index (χ2n) is 6.83. The average Bonchev–Trinajstić information content (AvgIpc) is 3.16. The molecule has 0 aliphatic heterocycles. The predicted molar refractivity (Wildman–Crippen MR) is 117 cm³/mol. The van der Waals surface area contributed by atoms with Crippen molar-refractivity contribution in [3.8, 4) is 0 Å². The van der Waals surface area contributed by atoms with Crippen molar-refractivity contribution in [3.63, 3.8) is 0 Å². The van der Waals surface area contributed by atoms with Crippen LogP contribution in [-0.4, -0.2) is 37.7 Å². The van der Waals surface area contributed by atoms with E-state index in [-0.39, 0.29) is 0 Å². The summed E-state index contributed by atoms with van der Waals surface area (Å²) in [5.41, 5.74) is 0.971. The van der Waals surface area contributed by atoms with E-state index in [1.54, 1.807) is 23.5 Å². The van der Waals surface area contributed by atoms with Gasteiger partial charge in [0.2, 0.25) is 0 Å². The van der Waals surface area contributed by atoms with Crippen molar-refractivity contribution in [2.45, 2.75) is 22.6 Å². The maximum Gasteiger partial charge on any atom is 0.323 e. The summed E-state index contributed by atoms with van der Waals surface area (Å²) in [6.45, 7) is 0. The van der Waals surface area contributed by atoms with E-state index in [1.165, 1.54) is 14.2 Å². The molecule has 4 nitrogen and oxygen atoms in total. The molecule has 2 aromatic rings. The molecule has 0 saturated carbocycles. The predicted octanol–water partition coefficient (Wildman–Crippen LogP) is 4.99. The first-order valence-electron chi connectivity index (χ1n) is 9.31. The Morgan fingerprint density at radius 2 is 1.14 bits per heavy atom. The Bertz CT molecular complexity index is 805. The van der Waals surface area contributed by atoms with Crippen molar-refractivity contribution in [1.82, 2.24) is 0 Å². The first-order valence-corrected chi connectivity index (χ1v) is 11.3. The van der Waals surface area contributed by atoms with Gasteiger partial charge in [-0.05, 0) is 37.1 Å². The summed E-state index contributed by atoms with van der Waals surface area (Å²) in [6, 6.07) is 20.2. The summed E-state index contributed by atoms with van der Waals surface area (Å²) >= 11 is 3.42. The summed E-state index contributed by atoms with van der Waals surface area (Å²) in [7, 11) is 2.64. The molecule has 0 atom stereocenters. The molecule has 0 fully saturated rings. The highest BCUT2D eigenvalue weighted by Gasteiger charge is 2.53. The van der Waals surface area contributed by atoms with Crippen molar-refractivity contribution in [3.05, 3.63) is 71.8 Å². The van der Waals surface area contributed by atoms with Gasteiger partial charge in [0.25, 0.3) is 0 Å². The summed E-state index contributed by atoms with van der Waals surface area (Å²) in [5.74, 6) is 0.409.